The summed E-state index contributed by atoms with van der Waals surface area (Å²) in [6.45, 7) is 3.17. The van der Waals surface area contributed by atoms with Gasteiger partial charge in [-0.25, -0.2) is 0 Å². The maximum absolute atomic E-state index is 5.91. The Balaban J connectivity index is 2.34. The standard InChI is InChI=1S/C12H19ClN2/c1-2-3-4-5-9-15-11-8-6-7-10(13)12(11)14/h6-8,15H,2-5,9,14H2,1H3. The highest BCUT2D eigenvalue weighted by Crippen LogP contribution is 2.26. The maximum Gasteiger partial charge on any atom is 0.0739 e. The van der Waals surface area contributed by atoms with E-state index < -0.39 is 0 Å². The van der Waals surface area contributed by atoms with Gasteiger partial charge in [-0.1, -0.05) is 43.9 Å². The van der Waals surface area contributed by atoms with Crippen molar-refractivity contribution in [3.63, 3.8) is 0 Å². The normalized spacial score (nSPS) is 10.3. The van der Waals surface area contributed by atoms with Crippen molar-refractivity contribution in [2.24, 2.45) is 0 Å². The molecule has 0 aromatic heterocycles. The molecule has 1 aromatic carbocycles. The number of hydrogen-bond donors (Lipinski definition) is 2. The summed E-state index contributed by atoms with van der Waals surface area (Å²) in [5.74, 6) is 0. The van der Waals surface area contributed by atoms with E-state index in [1.165, 1.54) is 25.7 Å². The van der Waals surface area contributed by atoms with Crippen LogP contribution in [0.5, 0.6) is 0 Å². The van der Waals surface area contributed by atoms with Crippen LogP contribution in [0.25, 0.3) is 0 Å². The molecule has 0 unspecified atom stereocenters. The van der Waals surface area contributed by atoms with E-state index in [2.05, 4.69) is 12.2 Å². The minimum absolute atomic E-state index is 0.619. The van der Waals surface area contributed by atoms with Crippen LogP contribution in [0.15, 0.2) is 18.2 Å². The molecule has 15 heavy (non-hydrogen) atoms. The van der Waals surface area contributed by atoms with E-state index in [1.54, 1.807) is 6.07 Å². The number of halogens is 1. The lowest BCUT2D eigenvalue weighted by Gasteiger charge is -2.09. The predicted octanol–water partition coefficient (Wildman–Crippen LogP) is 3.91. The van der Waals surface area contributed by atoms with Gasteiger partial charge in [-0.2, -0.15) is 0 Å². The first-order valence-electron chi connectivity index (χ1n) is 5.53. The van der Waals surface area contributed by atoms with Crippen LogP contribution in [0, 0.1) is 0 Å². The summed E-state index contributed by atoms with van der Waals surface area (Å²) in [6, 6.07) is 5.67. The van der Waals surface area contributed by atoms with Crippen molar-refractivity contribution in [1.82, 2.24) is 0 Å². The number of anilines is 2. The second kappa shape index (κ2) is 6.57. The molecule has 0 aliphatic rings. The molecular formula is C12H19ClN2. The number of para-hydroxylation sites is 1. The van der Waals surface area contributed by atoms with E-state index in [4.69, 9.17) is 17.3 Å². The first kappa shape index (κ1) is 12.2. The number of benzene rings is 1. The smallest absolute Gasteiger partial charge is 0.0739 e. The van der Waals surface area contributed by atoms with Gasteiger partial charge in [0.2, 0.25) is 0 Å². The lowest BCUT2D eigenvalue weighted by molar-refractivity contribution is 0.685. The summed E-state index contributed by atoms with van der Waals surface area (Å²) in [4.78, 5) is 0. The fourth-order valence-electron chi connectivity index (χ4n) is 1.47. The second-order valence-electron chi connectivity index (χ2n) is 3.69. The van der Waals surface area contributed by atoms with E-state index in [0.717, 1.165) is 12.2 Å². The highest BCUT2D eigenvalue weighted by molar-refractivity contribution is 6.33. The molecule has 1 rings (SSSR count). The van der Waals surface area contributed by atoms with Crippen molar-refractivity contribution >= 4 is 23.0 Å². The number of hydrogen-bond acceptors (Lipinski definition) is 2. The zero-order valence-electron chi connectivity index (χ0n) is 9.22. The van der Waals surface area contributed by atoms with Crippen molar-refractivity contribution in [2.75, 3.05) is 17.6 Å². The van der Waals surface area contributed by atoms with Crippen molar-refractivity contribution < 1.29 is 0 Å². The Morgan fingerprint density at radius 2 is 2.07 bits per heavy atom. The Labute approximate surface area is 96.8 Å². The molecule has 0 saturated carbocycles. The largest absolute Gasteiger partial charge is 0.396 e. The molecule has 0 saturated heterocycles. The third-order valence-electron chi connectivity index (χ3n) is 2.40. The van der Waals surface area contributed by atoms with E-state index in [-0.39, 0.29) is 0 Å². The molecule has 0 heterocycles. The van der Waals surface area contributed by atoms with Gasteiger partial charge in [0.05, 0.1) is 16.4 Å². The first-order valence-corrected chi connectivity index (χ1v) is 5.91. The van der Waals surface area contributed by atoms with E-state index >= 15 is 0 Å². The first-order chi connectivity index (χ1) is 7.25. The molecule has 0 bridgehead atoms. The zero-order valence-corrected chi connectivity index (χ0v) is 9.98. The van der Waals surface area contributed by atoms with Crippen LogP contribution < -0.4 is 11.1 Å². The van der Waals surface area contributed by atoms with Gasteiger partial charge in [-0.05, 0) is 18.6 Å². The van der Waals surface area contributed by atoms with Crippen LogP contribution in [-0.4, -0.2) is 6.54 Å². The Bertz CT molecular complexity index is 300. The monoisotopic (exact) mass is 226 g/mol. The average Bonchev–Trinajstić information content (AvgIpc) is 2.24. The average molecular weight is 227 g/mol. The molecular weight excluding hydrogens is 208 g/mol. The summed E-state index contributed by atoms with van der Waals surface area (Å²) in [5, 5.41) is 3.92. The lowest BCUT2D eigenvalue weighted by atomic mass is 10.2. The van der Waals surface area contributed by atoms with Gasteiger partial charge in [0.1, 0.15) is 0 Å². The van der Waals surface area contributed by atoms with Crippen LogP contribution in [0.3, 0.4) is 0 Å². The number of nitrogens with one attached hydrogen (secondary N) is 1. The van der Waals surface area contributed by atoms with Crippen LogP contribution in [-0.2, 0) is 0 Å². The van der Waals surface area contributed by atoms with E-state index in [9.17, 15) is 0 Å². The third-order valence-corrected chi connectivity index (χ3v) is 2.73. The van der Waals surface area contributed by atoms with Gasteiger partial charge in [-0.15, -0.1) is 0 Å². The SMILES string of the molecule is CCCCCCNc1cccc(Cl)c1N. The highest BCUT2D eigenvalue weighted by atomic mass is 35.5. The molecule has 1 aromatic rings. The van der Waals surface area contributed by atoms with Gasteiger partial charge < -0.3 is 11.1 Å². The summed E-state index contributed by atoms with van der Waals surface area (Å²) in [6.07, 6.45) is 5.01. The van der Waals surface area contributed by atoms with Gasteiger partial charge >= 0.3 is 0 Å². The fraction of sp³-hybridized carbons (Fsp3) is 0.500. The molecule has 0 atom stereocenters. The Hall–Kier alpha value is -0.890. The minimum atomic E-state index is 0.619. The molecule has 3 heteroatoms. The van der Waals surface area contributed by atoms with Crippen molar-refractivity contribution in [3.05, 3.63) is 23.2 Å². The molecule has 0 fully saturated rings. The van der Waals surface area contributed by atoms with Crippen LogP contribution >= 0.6 is 11.6 Å². The quantitative estimate of drug-likeness (QED) is 0.570. The van der Waals surface area contributed by atoms with Crippen LogP contribution in [0.2, 0.25) is 5.02 Å². The minimum Gasteiger partial charge on any atom is -0.396 e. The van der Waals surface area contributed by atoms with E-state index in [0.29, 0.717) is 10.7 Å². The highest BCUT2D eigenvalue weighted by Gasteiger charge is 2.01. The van der Waals surface area contributed by atoms with Gasteiger partial charge in [0, 0.05) is 6.54 Å². The second-order valence-corrected chi connectivity index (χ2v) is 4.10. The van der Waals surface area contributed by atoms with Gasteiger partial charge in [-0.3, -0.25) is 0 Å². The number of rotatable bonds is 6. The van der Waals surface area contributed by atoms with E-state index in [1.807, 2.05) is 12.1 Å². The summed E-state index contributed by atoms with van der Waals surface area (Å²) in [5.41, 5.74) is 7.42. The molecule has 84 valence electrons. The Morgan fingerprint density at radius 3 is 2.80 bits per heavy atom. The van der Waals surface area contributed by atoms with Crippen molar-refractivity contribution in [3.8, 4) is 0 Å². The maximum atomic E-state index is 5.91. The number of nitrogens with two attached hydrogens (primary N) is 1. The Kier molecular flexibility index (Phi) is 5.33. The van der Waals surface area contributed by atoms with Gasteiger partial charge in [0.25, 0.3) is 0 Å². The zero-order chi connectivity index (χ0) is 11.1. The molecule has 0 amide bonds. The summed E-state index contributed by atoms with van der Waals surface area (Å²) >= 11 is 5.91. The number of unbranched alkanes of at least 4 members (excludes halogenated alkanes) is 3. The van der Waals surface area contributed by atoms with Crippen molar-refractivity contribution in [1.29, 1.82) is 0 Å². The molecule has 0 radical (unpaired) electrons. The topological polar surface area (TPSA) is 38.0 Å². The molecule has 0 spiro atoms. The summed E-state index contributed by atoms with van der Waals surface area (Å²) in [7, 11) is 0. The molecule has 3 N–H and O–H groups in total. The van der Waals surface area contributed by atoms with Gasteiger partial charge in [0.15, 0.2) is 0 Å². The predicted molar refractivity (Wildman–Crippen MR) is 68.5 cm³/mol. The molecule has 0 aliphatic heterocycles. The number of nitrogen functional groups attached to an aromatic ring is 1. The molecule has 0 aliphatic carbocycles. The summed E-state index contributed by atoms with van der Waals surface area (Å²) < 4.78 is 0. The van der Waals surface area contributed by atoms with Crippen molar-refractivity contribution in [2.45, 2.75) is 32.6 Å². The molecule has 2 nitrogen and oxygen atoms in total. The van der Waals surface area contributed by atoms with Crippen LogP contribution in [0.4, 0.5) is 11.4 Å². The lowest BCUT2D eigenvalue weighted by Crippen LogP contribution is -2.04. The Morgan fingerprint density at radius 1 is 1.27 bits per heavy atom. The third kappa shape index (κ3) is 4.00. The van der Waals surface area contributed by atoms with Crippen LogP contribution in [0.1, 0.15) is 32.6 Å². The fourth-order valence-corrected chi connectivity index (χ4v) is 1.64.